The smallest absolute Gasteiger partial charge is 0.343 e. The molecule has 0 spiro atoms. The lowest BCUT2D eigenvalue weighted by Crippen LogP contribution is -2.09. The zero-order chi connectivity index (χ0) is 25.7. The molecule has 0 N–H and O–H groups in total. The summed E-state index contributed by atoms with van der Waals surface area (Å²) in [7, 11) is 0. The van der Waals surface area contributed by atoms with Gasteiger partial charge in [0.15, 0.2) is 23.2 Å². The number of hydrogen-bond donors (Lipinski definition) is 0. The van der Waals surface area contributed by atoms with E-state index in [-0.39, 0.29) is 28.2 Å². The zero-order valence-corrected chi connectivity index (χ0v) is 19.7. The Morgan fingerprint density at radius 3 is 1.92 bits per heavy atom. The number of rotatable bonds is 7. The molecule has 0 saturated heterocycles. The lowest BCUT2D eigenvalue weighted by molar-refractivity contribution is 0.0734. The number of esters is 1. The van der Waals surface area contributed by atoms with Crippen molar-refractivity contribution in [3.8, 4) is 33.8 Å². The van der Waals surface area contributed by atoms with Crippen LogP contribution in [0, 0.1) is 17.5 Å². The standard InChI is InChI=1S/C30H23F3O3/c1-3-5-19-6-8-20(9-7-19)24-15-16-25(29(33)28(24)32)21-10-13-23(14-11-21)36-30(34)22-12-17-27(35-4-2)26(31)18-22/h3,5-18H,4H2,1-2H3/b5-3+. The molecule has 0 bridgehead atoms. The fourth-order valence-electron chi connectivity index (χ4n) is 3.73. The third-order valence-electron chi connectivity index (χ3n) is 5.51. The highest BCUT2D eigenvalue weighted by Crippen LogP contribution is 2.32. The molecule has 0 unspecified atom stereocenters. The molecule has 0 atom stereocenters. The SMILES string of the molecule is C/C=C/c1ccc(-c2ccc(-c3ccc(OC(=O)c4ccc(OCC)c(F)c4)cc3)c(F)c2F)cc1. The van der Waals surface area contributed by atoms with E-state index in [0.29, 0.717) is 17.7 Å². The van der Waals surface area contributed by atoms with Crippen molar-refractivity contribution in [2.75, 3.05) is 6.61 Å². The number of ether oxygens (including phenoxy) is 2. The van der Waals surface area contributed by atoms with Gasteiger partial charge in [0.25, 0.3) is 0 Å². The molecule has 0 aliphatic carbocycles. The normalized spacial score (nSPS) is 11.0. The molecule has 4 aromatic carbocycles. The molecule has 4 aromatic rings. The number of allylic oxidation sites excluding steroid dienone is 1. The molecule has 4 rings (SSSR count). The predicted molar refractivity (Wildman–Crippen MR) is 134 cm³/mol. The summed E-state index contributed by atoms with van der Waals surface area (Å²) in [5, 5.41) is 0. The van der Waals surface area contributed by atoms with Gasteiger partial charge >= 0.3 is 5.97 Å². The van der Waals surface area contributed by atoms with Gasteiger partial charge < -0.3 is 9.47 Å². The number of carbonyl (C=O) groups is 1. The van der Waals surface area contributed by atoms with Gasteiger partial charge in [-0.25, -0.2) is 18.0 Å². The molecular weight excluding hydrogens is 465 g/mol. The molecule has 0 amide bonds. The van der Waals surface area contributed by atoms with E-state index in [9.17, 15) is 18.0 Å². The topological polar surface area (TPSA) is 35.5 Å². The minimum atomic E-state index is -0.973. The van der Waals surface area contributed by atoms with Crippen LogP contribution in [-0.4, -0.2) is 12.6 Å². The maximum absolute atomic E-state index is 15.0. The lowest BCUT2D eigenvalue weighted by Gasteiger charge is -2.11. The van der Waals surface area contributed by atoms with E-state index >= 15 is 0 Å². The van der Waals surface area contributed by atoms with Crippen LogP contribution in [-0.2, 0) is 0 Å². The molecule has 0 saturated carbocycles. The van der Waals surface area contributed by atoms with E-state index < -0.39 is 23.4 Å². The molecule has 0 aromatic heterocycles. The predicted octanol–water partition coefficient (Wildman–Crippen LogP) is 8.09. The Kier molecular flexibility index (Phi) is 7.54. The van der Waals surface area contributed by atoms with E-state index in [1.54, 1.807) is 19.1 Å². The van der Waals surface area contributed by atoms with Gasteiger partial charge in [-0.1, -0.05) is 60.7 Å². The van der Waals surface area contributed by atoms with Crippen molar-refractivity contribution in [1.82, 2.24) is 0 Å². The minimum Gasteiger partial charge on any atom is -0.491 e. The second kappa shape index (κ2) is 11.0. The van der Waals surface area contributed by atoms with Crippen molar-refractivity contribution in [2.24, 2.45) is 0 Å². The number of hydrogen-bond acceptors (Lipinski definition) is 3. The van der Waals surface area contributed by atoms with Crippen LogP contribution >= 0.6 is 0 Å². The van der Waals surface area contributed by atoms with E-state index in [0.717, 1.165) is 11.6 Å². The Morgan fingerprint density at radius 2 is 1.39 bits per heavy atom. The summed E-state index contributed by atoms with van der Waals surface area (Å²) < 4.78 is 54.3. The Labute approximate surface area is 207 Å². The summed E-state index contributed by atoms with van der Waals surface area (Å²) in [6.07, 6.45) is 3.82. The Morgan fingerprint density at radius 1 is 0.806 bits per heavy atom. The minimum absolute atomic E-state index is 0.0162. The second-order valence-electron chi connectivity index (χ2n) is 7.90. The average molecular weight is 489 g/mol. The monoisotopic (exact) mass is 488 g/mol. The van der Waals surface area contributed by atoms with Crippen LogP contribution in [0.25, 0.3) is 28.3 Å². The van der Waals surface area contributed by atoms with Gasteiger partial charge in [-0.05, 0) is 60.9 Å². The van der Waals surface area contributed by atoms with Crippen LogP contribution in [0.3, 0.4) is 0 Å². The third kappa shape index (κ3) is 5.33. The Hall–Kier alpha value is -4.32. The summed E-state index contributed by atoms with van der Waals surface area (Å²) in [6, 6.07) is 20.0. The fourth-order valence-corrected chi connectivity index (χ4v) is 3.73. The van der Waals surface area contributed by atoms with Gasteiger partial charge in [-0.2, -0.15) is 0 Å². The highest BCUT2D eigenvalue weighted by molar-refractivity contribution is 5.91. The van der Waals surface area contributed by atoms with Crippen LogP contribution in [0.15, 0.2) is 84.9 Å². The van der Waals surface area contributed by atoms with Crippen molar-refractivity contribution in [3.63, 3.8) is 0 Å². The molecule has 0 aliphatic heterocycles. The Bertz CT molecular complexity index is 1410. The van der Waals surface area contributed by atoms with E-state index in [1.807, 2.05) is 31.2 Å². The van der Waals surface area contributed by atoms with Crippen molar-refractivity contribution < 1.29 is 27.4 Å². The summed E-state index contributed by atoms with van der Waals surface area (Å²) >= 11 is 0. The van der Waals surface area contributed by atoms with Gasteiger partial charge in [-0.15, -0.1) is 0 Å². The van der Waals surface area contributed by atoms with Crippen LogP contribution in [0.1, 0.15) is 29.8 Å². The lowest BCUT2D eigenvalue weighted by atomic mass is 9.98. The molecule has 36 heavy (non-hydrogen) atoms. The summed E-state index contributed by atoms with van der Waals surface area (Å²) in [5.74, 6) is -3.12. The first-order valence-corrected chi connectivity index (χ1v) is 11.4. The summed E-state index contributed by atoms with van der Waals surface area (Å²) in [6.45, 7) is 3.93. The molecule has 0 fully saturated rings. The molecule has 0 aliphatic rings. The maximum atomic E-state index is 15.0. The van der Waals surface area contributed by atoms with Crippen LogP contribution in [0.2, 0.25) is 0 Å². The largest absolute Gasteiger partial charge is 0.491 e. The average Bonchev–Trinajstić information content (AvgIpc) is 2.88. The molecule has 3 nitrogen and oxygen atoms in total. The van der Waals surface area contributed by atoms with E-state index in [2.05, 4.69) is 0 Å². The Balaban J connectivity index is 1.51. The first kappa shape index (κ1) is 24.8. The van der Waals surface area contributed by atoms with E-state index in [4.69, 9.17) is 9.47 Å². The maximum Gasteiger partial charge on any atom is 0.343 e. The molecule has 0 radical (unpaired) electrons. The zero-order valence-electron chi connectivity index (χ0n) is 19.7. The number of halogens is 3. The van der Waals surface area contributed by atoms with Gasteiger partial charge in [0, 0.05) is 11.1 Å². The van der Waals surface area contributed by atoms with Crippen LogP contribution in [0.5, 0.6) is 11.5 Å². The second-order valence-corrected chi connectivity index (χ2v) is 7.90. The van der Waals surface area contributed by atoms with Gasteiger partial charge in [0.1, 0.15) is 5.75 Å². The van der Waals surface area contributed by atoms with Crippen LogP contribution in [0.4, 0.5) is 13.2 Å². The highest BCUT2D eigenvalue weighted by Gasteiger charge is 2.17. The first-order valence-electron chi connectivity index (χ1n) is 11.4. The number of benzene rings is 4. The first-order chi connectivity index (χ1) is 17.4. The van der Waals surface area contributed by atoms with Crippen molar-refractivity contribution >= 4 is 12.0 Å². The fraction of sp³-hybridized carbons (Fsp3) is 0.100. The molecule has 182 valence electrons. The van der Waals surface area contributed by atoms with Gasteiger partial charge in [-0.3, -0.25) is 0 Å². The third-order valence-corrected chi connectivity index (χ3v) is 5.51. The van der Waals surface area contributed by atoms with Crippen LogP contribution < -0.4 is 9.47 Å². The number of carbonyl (C=O) groups excluding carboxylic acids is 1. The quantitative estimate of drug-likeness (QED) is 0.195. The molecule has 6 heteroatoms. The summed E-state index contributed by atoms with van der Waals surface area (Å²) in [4.78, 5) is 12.4. The molecular formula is C30H23F3O3. The highest BCUT2D eigenvalue weighted by atomic mass is 19.2. The van der Waals surface area contributed by atoms with Crippen molar-refractivity contribution in [3.05, 3.63) is 114 Å². The van der Waals surface area contributed by atoms with Gasteiger partial charge in [0.2, 0.25) is 0 Å². The van der Waals surface area contributed by atoms with Crippen molar-refractivity contribution in [1.29, 1.82) is 0 Å². The van der Waals surface area contributed by atoms with Crippen molar-refractivity contribution in [2.45, 2.75) is 13.8 Å². The van der Waals surface area contributed by atoms with Gasteiger partial charge in [0.05, 0.1) is 12.2 Å². The molecule has 0 heterocycles. The summed E-state index contributed by atoms with van der Waals surface area (Å²) in [5.41, 5.74) is 2.20. The van der Waals surface area contributed by atoms with E-state index in [1.165, 1.54) is 48.5 Å².